The van der Waals surface area contributed by atoms with E-state index in [9.17, 15) is 13.9 Å². The van der Waals surface area contributed by atoms with E-state index in [-0.39, 0.29) is 6.54 Å². The first kappa shape index (κ1) is 17.5. The number of halogens is 2. The van der Waals surface area contributed by atoms with Gasteiger partial charge in [0.2, 0.25) is 0 Å². The molecule has 0 bridgehead atoms. The number of hydrogen-bond acceptors (Lipinski definition) is 4. The van der Waals surface area contributed by atoms with Crippen LogP contribution in [0.3, 0.4) is 0 Å². The highest BCUT2D eigenvalue weighted by molar-refractivity contribution is 5.89. The van der Waals surface area contributed by atoms with Crippen molar-refractivity contribution < 1.29 is 13.9 Å². The van der Waals surface area contributed by atoms with Gasteiger partial charge in [0, 0.05) is 11.9 Å². The molecule has 0 spiro atoms. The number of anilines is 1. The van der Waals surface area contributed by atoms with Crippen LogP contribution in [0.2, 0.25) is 0 Å². The Balaban J connectivity index is 2.21. The Bertz CT molecular complexity index is 659. The normalized spacial score (nSPS) is 14.4. The van der Waals surface area contributed by atoms with Crippen molar-refractivity contribution in [2.75, 3.05) is 11.9 Å². The molecule has 0 radical (unpaired) electrons. The number of aromatic nitrogens is 2. The Labute approximate surface area is 135 Å². The maximum absolute atomic E-state index is 13.0. The van der Waals surface area contributed by atoms with Crippen LogP contribution in [0.1, 0.15) is 45.9 Å². The quantitative estimate of drug-likeness (QED) is 0.803. The summed E-state index contributed by atoms with van der Waals surface area (Å²) in [6.45, 7) is 6.16. The Morgan fingerprint density at radius 1 is 1.22 bits per heavy atom. The third-order valence-electron chi connectivity index (χ3n) is 3.71. The van der Waals surface area contributed by atoms with Crippen LogP contribution in [0.4, 0.5) is 14.6 Å². The van der Waals surface area contributed by atoms with Crippen molar-refractivity contribution >= 4 is 16.7 Å². The molecule has 126 valence electrons. The third-order valence-corrected chi connectivity index (χ3v) is 3.71. The van der Waals surface area contributed by atoms with E-state index in [0.717, 1.165) is 6.42 Å². The van der Waals surface area contributed by atoms with E-state index in [4.69, 9.17) is 0 Å². The first-order chi connectivity index (χ1) is 10.8. The lowest BCUT2D eigenvalue weighted by Gasteiger charge is -2.25. The van der Waals surface area contributed by atoms with E-state index in [2.05, 4.69) is 29.1 Å². The predicted octanol–water partition coefficient (Wildman–Crippen LogP) is 4.17. The van der Waals surface area contributed by atoms with Crippen molar-refractivity contribution in [3.63, 3.8) is 0 Å². The summed E-state index contributed by atoms with van der Waals surface area (Å²) in [7, 11) is 0. The van der Waals surface area contributed by atoms with Gasteiger partial charge in [0.25, 0.3) is 6.43 Å². The number of alkyl halides is 2. The van der Waals surface area contributed by atoms with E-state index >= 15 is 0 Å². The van der Waals surface area contributed by atoms with Crippen LogP contribution >= 0.6 is 0 Å². The molecule has 1 heterocycles. The SMILES string of the molecule is CC(C)CCC(C)(O)CNc1nc(C(F)F)nc2ccccc12. The van der Waals surface area contributed by atoms with Crippen molar-refractivity contribution in [2.45, 2.75) is 45.6 Å². The molecule has 1 aromatic carbocycles. The van der Waals surface area contributed by atoms with Crippen molar-refractivity contribution in [3.8, 4) is 0 Å². The molecule has 1 unspecified atom stereocenters. The maximum Gasteiger partial charge on any atom is 0.297 e. The van der Waals surface area contributed by atoms with E-state index in [0.29, 0.717) is 29.1 Å². The fourth-order valence-electron chi connectivity index (χ4n) is 2.29. The largest absolute Gasteiger partial charge is 0.388 e. The summed E-state index contributed by atoms with van der Waals surface area (Å²) < 4.78 is 25.9. The second-order valence-corrected chi connectivity index (χ2v) is 6.53. The zero-order valence-corrected chi connectivity index (χ0v) is 13.7. The number of nitrogens with one attached hydrogen (secondary N) is 1. The average molecular weight is 323 g/mol. The molecule has 0 aliphatic heterocycles. The summed E-state index contributed by atoms with van der Waals surface area (Å²) in [5.41, 5.74) is -0.469. The topological polar surface area (TPSA) is 58.0 Å². The van der Waals surface area contributed by atoms with E-state index in [1.165, 1.54) is 0 Å². The number of rotatable bonds is 7. The number of nitrogens with zero attached hydrogens (tertiary/aromatic N) is 2. The highest BCUT2D eigenvalue weighted by Crippen LogP contribution is 2.25. The van der Waals surface area contributed by atoms with Crippen LogP contribution in [-0.4, -0.2) is 27.2 Å². The minimum Gasteiger partial charge on any atom is -0.388 e. The van der Waals surface area contributed by atoms with Crippen molar-refractivity contribution in [1.29, 1.82) is 0 Å². The van der Waals surface area contributed by atoms with Crippen LogP contribution in [0.25, 0.3) is 10.9 Å². The van der Waals surface area contributed by atoms with Gasteiger partial charge in [-0.05, 0) is 37.8 Å². The van der Waals surface area contributed by atoms with Crippen LogP contribution in [-0.2, 0) is 0 Å². The molecule has 0 saturated carbocycles. The standard InChI is InChI=1S/C17H23F2N3O/c1-11(2)8-9-17(3,23)10-20-15-12-6-4-5-7-13(12)21-16(22-15)14(18)19/h4-7,11,14,23H,8-10H2,1-3H3,(H,20,21,22). The number of hydrogen-bond donors (Lipinski definition) is 2. The lowest BCUT2D eigenvalue weighted by Crippen LogP contribution is -2.34. The first-order valence-corrected chi connectivity index (χ1v) is 7.79. The smallest absolute Gasteiger partial charge is 0.297 e. The van der Waals surface area contributed by atoms with Gasteiger partial charge in [-0.2, -0.15) is 0 Å². The molecule has 0 amide bonds. The number of benzene rings is 1. The Hall–Kier alpha value is -1.82. The molecule has 2 aromatic rings. The summed E-state index contributed by atoms with van der Waals surface area (Å²) in [6, 6.07) is 6.99. The average Bonchev–Trinajstić information content (AvgIpc) is 2.50. The molecular weight excluding hydrogens is 300 g/mol. The van der Waals surface area contributed by atoms with Gasteiger partial charge in [-0.25, -0.2) is 18.7 Å². The van der Waals surface area contributed by atoms with Crippen LogP contribution in [0.15, 0.2) is 24.3 Å². The Kier molecular flexibility index (Phi) is 5.46. The summed E-state index contributed by atoms with van der Waals surface area (Å²) in [5, 5.41) is 14.1. The van der Waals surface area contributed by atoms with Crippen LogP contribution in [0, 0.1) is 5.92 Å². The van der Waals surface area contributed by atoms with E-state index < -0.39 is 17.9 Å². The monoisotopic (exact) mass is 323 g/mol. The van der Waals surface area contributed by atoms with Gasteiger partial charge in [0.1, 0.15) is 5.82 Å². The van der Waals surface area contributed by atoms with Gasteiger partial charge in [-0.1, -0.05) is 26.0 Å². The van der Waals surface area contributed by atoms with Gasteiger partial charge in [-0.3, -0.25) is 0 Å². The minimum atomic E-state index is -2.73. The molecule has 4 nitrogen and oxygen atoms in total. The summed E-state index contributed by atoms with van der Waals surface area (Å²) >= 11 is 0. The molecule has 0 saturated heterocycles. The first-order valence-electron chi connectivity index (χ1n) is 7.79. The zero-order valence-electron chi connectivity index (χ0n) is 13.7. The summed E-state index contributed by atoms with van der Waals surface area (Å²) in [6.07, 6.45) is -1.22. The van der Waals surface area contributed by atoms with Gasteiger partial charge < -0.3 is 10.4 Å². The molecular formula is C17H23F2N3O. The highest BCUT2D eigenvalue weighted by Gasteiger charge is 2.22. The summed E-state index contributed by atoms with van der Waals surface area (Å²) in [5.74, 6) is 0.315. The molecule has 0 aliphatic rings. The van der Waals surface area contributed by atoms with Crippen molar-refractivity contribution in [2.24, 2.45) is 5.92 Å². The molecule has 6 heteroatoms. The number of aliphatic hydroxyl groups is 1. The van der Waals surface area contributed by atoms with Crippen LogP contribution in [0.5, 0.6) is 0 Å². The van der Waals surface area contributed by atoms with Gasteiger partial charge in [0.15, 0.2) is 5.82 Å². The molecule has 1 atom stereocenters. The fraction of sp³-hybridized carbons (Fsp3) is 0.529. The number of fused-ring (bicyclic) bond motifs is 1. The lowest BCUT2D eigenvalue weighted by atomic mass is 9.95. The maximum atomic E-state index is 13.0. The molecule has 2 N–H and O–H groups in total. The molecule has 1 aromatic heterocycles. The Morgan fingerprint density at radius 3 is 2.57 bits per heavy atom. The fourth-order valence-corrected chi connectivity index (χ4v) is 2.29. The highest BCUT2D eigenvalue weighted by atomic mass is 19.3. The molecule has 0 aliphatic carbocycles. The zero-order chi connectivity index (χ0) is 17.0. The third kappa shape index (κ3) is 4.82. The van der Waals surface area contributed by atoms with Gasteiger partial charge >= 0.3 is 0 Å². The van der Waals surface area contributed by atoms with Crippen molar-refractivity contribution in [3.05, 3.63) is 30.1 Å². The van der Waals surface area contributed by atoms with Crippen LogP contribution < -0.4 is 5.32 Å². The summed E-state index contributed by atoms with van der Waals surface area (Å²) in [4.78, 5) is 7.79. The molecule has 2 rings (SSSR count). The van der Waals surface area contributed by atoms with E-state index in [1.807, 2.05) is 0 Å². The van der Waals surface area contributed by atoms with Gasteiger partial charge in [0.05, 0.1) is 11.1 Å². The van der Waals surface area contributed by atoms with Gasteiger partial charge in [-0.15, -0.1) is 0 Å². The number of para-hydroxylation sites is 1. The Morgan fingerprint density at radius 2 is 1.91 bits per heavy atom. The van der Waals surface area contributed by atoms with E-state index in [1.54, 1.807) is 31.2 Å². The second kappa shape index (κ2) is 7.17. The minimum absolute atomic E-state index is 0.239. The lowest BCUT2D eigenvalue weighted by molar-refractivity contribution is 0.0585. The molecule has 0 fully saturated rings. The molecule has 23 heavy (non-hydrogen) atoms. The van der Waals surface area contributed by atoms with Crippen molar-refractivity contribution in [1.82, 2.24) is 9.97 Å². The predicted molar refractivity (Wildman–Crippen MR) is 87.7 cm³/mol. The second-order valence-electron chi connectivity index (χ2n) is 6.53.